The normalized spacial score (nSPS) is 28.6. The van der Waals surface area contributed by atoms with E-state index in [4.69, 9.17) is 5.73 Å². The van der Waals surface area contributed by atoms with Crippen molar-refractivity contribution in [2.45, 2.75) is 19.3 Å². The van der Waals surface area contributed by atoms with Crippen molar-refractivity contribution in [2.75, 3.05) is 6.54 Å². The smallest absolute Gasteiger partial charge is 0.248 e. The molecule has 1 amide bonds. The fraction of sp³-hybridized carbons (Fsp3) is 0.750. The lowest BCUT2D eigenvalue weighted by atomic mass is 9.96. The van der Waals surface area contributed by atoms with Gasteiger partial charge >= 0.3 is 0 Å². The first-order chi connectivity index (χ1) is 5.83. The van der Waals surface area contributed by atoms with Crippen LogP contribution in [0.1, 0.15) is 19.3 Å². The number of hydrazone groups is 1. The third-order valence-corrected chi connectivity index (χ3v) is 2.42. The molecule has 0 saturated heterocycles. The topological polar surface area (TPSA) is 67.5 Å². The van der Waals surface area contributed by atoms with Crippen molar-refractivity contribution in [3.63, 3.8) is 0 Å². The molecule has 0 spiro atoms. The Balaban J connectivity index is 2.05. The maximum Gasteiger partial charge on any atom is 0.248 e. The van der Waals surface area contributed by atoms with Gasteiger partial charge in [-0.15, -0.1) is 0 Å². The fourth-order valence-corrected chi connectivity index (χ4v) is 1.61. The molecule has 0 aromatic rings. The summed E-state index contributed by atoms with van der Waals surface area (Å²) in [6.45, 7) is 0.559. The molecular weight excluding hydrogens is 154 g/mol. The van der Waals surface area contributed by atoms with Crippen LogP contribution in [0.4, 0.5) is 0 Å². The van der Waals surface area contributed by atoms with Crippen molar-refractivity contribution < 1.29 is 4.79 Å². The van der Waals surface area contributed by atoms with Crippen molar-refractivity contribution in [1.82, 2.24) is 5.43 Å². The summed E-state index contributed by atoms with van der Waals surface area (Å²) in [5.74, 6) is 0.574. The summed E-state index contributed by atoms with van der Waals surface area (Å²) in [6.07, 6.45) is 3.12. The van der Waals surface area contributed by atoms with Crippen LogP contribution in [0.3, 0.4) is 0 Å². The van der Waals surface area contributed by atoms with Crippen LogP contribution in [-0.4, -0.2) is 18.2 Å². The zero-order valence-electron chi connectivity index (χ0n) is 6.92. The Labute approximate surface area is 71.2 Å². The molecule has 0 aromatic heterocycles. The fourth-order valence-electron chi connectivity index (χ4n) is 1.61. The Hall–Kier alpha value is -0.900. The molecule has 3 N–H and O–H groups in total. The SMILES string of the molecule is NCCC1C(=O)NN=C1C1CC1. The highest BCUT2D eigenvalue weighted by Gasteiger charge is 2.39. The molecular formula is C8H13N3O. The van der Waals surface area contributed by atoms with Gasteiger partial charge in [0, 0.05) is 0 Å². The molecule has 0 aromatic carbocycles. The number of nitrogens with zero attached hydrogens (tertiary/aromatic N) is 1. The van der Waals surface area contributed by atoms with Crippen molar-refractivity contribution in [1.29, 1.82) is 0 Å². The van der Waals surface area contributed by atoms with Crippen LogP contribution >= 0.6 is 0 Å². The van der Waals surface area contributed by atoms with Crippen molar-refractivity contribution in [3.05, 3.63) is 0 Å². The molecule has 12 heavy (non-hydrogen) atoms. The highest BCUT2D eigenvalue weighted by molar-refractivity contribution is 6.09. The van der Waals surface area contributed by atoms with Gasteiger partial charge in [0.1, 0.15) is 0 Å². The van der Waals surface area contributed by atoms with Gasteiger partial charge < -0.3 is 5.73 Å². The number of nitrogens with one attached hydrogen (secondary N) is 1. The number of carbonyl (C=O) groups is 1. The third kappa shape index (κ3) is 1.22. The predicted molar refractivity (Wildman–Crippen MR) is 45.5 cm³/mol. The first kappa shape index (κ1) is 7.73. The Bertz CT molecular complexity index is 232. The van der Waals surface area contributed by atoms with E-state index in [1.54, 1.807) is 0 Å². The number of carbonyl (C=O) groups excluding carboxylic acids is 1. The van der Waals surface area contributed by atoms with E-state index in [1.807, 2.05) is 0 Å². The molecule has 66 valence electrons. The van der Waals surface area contributed by atoms with Gasteiger partial charge in [-0.25, -0.2) is 5.43 Å². The quantitative estimate of drug-likeness (QED) is 0.613. The number of hydrogen-bond acceptors (Lipinski definition) is 3. The second-order valence-electron chi connectivity index (χ2n) is 3.42. The number of rotatable bonds is 3. The maximum absolute atomic E-state index is 11.2. The minimum atomic E-state index is -0.0255. The number of hydrogen-bond donors (Lipinski definition) is 2. The number of nitrogens with two attached hydrogens (primary N) is 1. The lowest BCUT2D eigenvalue weighted by Crippen LogP contribution is -2.26. The third-order valence-electron chi connectivity index (χ3n) is 2.42. The van der Waals surface area contributed by atoms with Gasteiger partial charge in [0.15, 0.2) is 0 Å². The minimum absolute atomic E-state index is 0.0255. The molecule has 4 heteroatoms. The Kier molecular flexibility index (Phi) is 1.84. The van der Waals surface area contributed by atoms with E-state index in [-0.39, 0.29) is 11.8 Å². The van der Waals surface area contributed by atoms with E-state index in [9.17, 15) is 4.79 Å². The van der Waals surface area contributed by atoms with Crippen LogP contribution in [0.5, 0.6) is 0 Å². The van der Waals surface area contributed by atoms with Gasteiger partial charge in [-0.3, -0.25) is 4.79 Å². The van der Waals surface area contributed by atoms with Crippen molar-refractivity contribution >= 4 is 11.6 Å². The Morgan fingerprint density at radius 2 is 2.33 bits per heavy atom. The van der Waals surface area contributed by atoms with Crippen LogP contribution in [0.2, 0.25) is 0 Å². The summed E-state index contributed by atoms with van der Waals surface area (Å²) in [6, 6.07) is 0. The standard InChI is InChI=1S/C8H13N3O/c9-4-3-6-7(5-1-2-5)10-11-8(6)12/h5-6H,1-4,9H2,(H,11,12). The predicted octanol–water partition coefficient (Wildman–Crippen LogP) is -0.153. The lowest BCUT2D eigenvalue weighted by Gasteiger charge is -2.06. The molecule has 2 rings (SSSR count). The van der Waals surface area contributed by atoms with Gasteiger partial charge in [0.2, 0.25) is 5.91 Å². The molecule has 1 atom stereocenters. The molecule has 1 fully saturated rings. The highest BCUT2D eigenvalue weighted by Crippen LogP contribution is 2.35. The second-order valence-corrected chi connectivity index (χ2v) is 3.42. The molecule has 1 unspecified atom stereocenters. The summed E-state index contributed by atoms with van der Waals surface area (Å²) in [5.41, 5.74) is 8.98. The van der Waals surface area contributed by atoms with Crippen LogP contribution in [0, 0.1) is 11.8 Å². The van der Waals surface area contributed by atoms with Crippen LogP contribution in [-0.2, 0) is 4.79 Å². The van der Waals surface area contributed by atoms with Gasteiger partial charge in [-0.1, -0.05) is 0 Å². The summed E-state index contributed by atoms with van der Waals surface area (Å²) >= 11 is 0. The average Bonchev–Trinajstić information content (AvgIpc) is 2.82. The molecule has 1 saturated carbocycles. The zero-order chi connectivity index (χ0) is 8.55. The lowest BCUT2D eigenvalue weighted by molar-refractivity contribution is -0.122. The minimum Gasteiger partial charge on any atom is -0.330 e. The van der Waals surface area contributed by atoms with Gasteiger partial charge in [-0.05, 0) is 31.7 Å². The summed E-state index contributed by atoms with van der Waals surface area (Å²) in [5, 5.41) is 4.04. The average molecular weight is 167 g/mol. The molecule has 0 bridgehead atoms. The second kappa shape index (κ2) is 2.86. The van der Waals surface area contributed by atoms with Gasteiger partial charge in [0.25, 0.3) is 0 Å². The molecule has 4 nitrogen and oxygen atoms in total. The highest BCUT2D eigenvalue weighted by atomic mass is 16.2. The van der Waals surface area contributed by atoms with E-state index < -0.39 is 0 Å². The first-order valence-electron chi connectivity index (χ1n) is 4.40. The first-order valence-corrected chi connectivity index (χ1v) is 4.40. The summed E-state index contributed by atoms with van der Waals surface area (Å²) in [4.78, 5) is 11.2. The van der Waals surface area contributed by atoms with E-state index >= 15 is 0 Å². The molecule has 2 aliphatic rings. The van der Waals surface area contributed by atoms with Crippen LogP contribution < -0.4 is 11.2 Å². The van der Waals surface area contributed by atoms with E-state index in [0.717, 1.165) is 12.1 Å². The molecule has 1 heterocycles. The molecule has 1 aliphatic heterocycles. The van der Waals surface area contributed by atoms with Crippen LogP contribution in [0.15, 0.2) is 5.10 Å². The van der Waals surface area contributed by atoms with Crippen molar-refractivity contribution in [3.8, 4) is 0 Å². The number of amides is 1. The van der Waals surface area contributed by atoms with Gasteiger partial charge in [0.05, 0.1) is 11.6 Å². The largest absolute Gasteiger partial charge is 0.330 e. The van der Waals surface area contributed by atoms with E-state index in [1.165, 1.54) is 12.8 Å². The van der Waals surface area contributed by atoms with Crippen LogP contribution in [0.25, 0.3) is 0 Å². The van der Waals surface area contributed by atoms with Gasteiger partial charge in [-0.2, -0.15) is 5.10 Å². The Morgan fingerprint density at radius 1 is 1.58 bits per heavy atom. The summed E-state index contributed by atoms with van der Waals surface area (Å²) < 4.78 is 0. The zero-order valence-corrected chi connectivity index (χ0v) is 6.92. The van der Waals surface area contributed by atoms with E-state index in [0.29, 0.717) is 12.5 Å². The van der Waals surface area contributed by atoms with E-state index in [2.05, 4.69) is 10.5 Å². The Morgan fingerprint density at radius 3 is 2.92 bits per heavy atom. The molecule has 1 aliphatic carbocycles. The maximum atomic E-state index is 11.2. The molecule has 0 radical (unpaired) electrons. The van der Waals surface area contributed by atoms with Crippen molar-refractivity contribution in [2.24, 2.45) is 22.7 Å². The summed E-state index contributed by atoms with van der Waals surface area (Å²) in [7, 11) is 0. The monoisotopic (exact) mass is 167 g/mol.